The summed E-state index contributed by atoms with van der Waals surface area (Å²) in [6.07, 6.45) is 9.82. The maximum atomic E-state index is 15.0. The van der Waals surface area contributed by atoms with E-state index in [1.165, 1.54) is 55.7 Å². The van der Waals surface area contributed by atoms with Crippen LogP contribution >= 0.6 is 0 Å². The van der Waals surface area contributed by atoms with E-state index in [-0.39, 0.29) is 11.7 Å². The van der Waals surface area contributed by atoms with Gasteiger partial charge >= 0.3 is 0 Å². The first-order valence-electron chi connectivity index (χ1n) is 11.6. The summed E-state index contributed by atoms with van der Waals surface area (Å²) in [5.74, 6) is 0.124. The summed E-state index contributed by atoms with van der Waals surface area (Å²) in [6.45, 7) is 11.1. The molecule has 2 aromatic carbocycles. The Balaban J connectivity index is 1.69. The summed E-state index contributed by atoms with van der Waals surface area (Å²) in [4.78, 5) is 0. The largest absolute Gasteiger partial charge is 0.207 e. The molecule has 158 valence electrons. The van der Waals surface area contributed by atoms with E-state index < -0.39 is 0 Å². The molecule has 0 fully saturated rings. The smallest absolute Gasteiger partial charge is 0.127 e. The van der Waals surface area contributed by atoms with Gasteiger partial charge in [0.15, 0.2) is 0 Å². The van der Waals surface area contributed by atoms with Gasteiger partial charge in [-0.2, -0.15) is 0 Å². The monoisotopic (exact) mass is 418 g/mol. The molecule has 1 atom stereocenters. The first-order chi connectivity index (χ1) is 15.5. The van der Waals surface area contributed by atoms with Crippen molar-refractivity contribution in [3.63, 3.8) is 0 Å². The Bertz CT molecular complexity index is 1370. The predicted molar refractivity (Wildman–Crippen MR) is 133 cm³/mol. The molecule has 32 heavy (non-hydrogen) atoms. The second-order valence-electron chi connectivity index (χ2n) is 9.69. The van der Waals surface area contributed by atoms with Gasteiger partial charge in [0, 0.05) is 0 Å². The normalized spacial score (nSPS) is 21.4. The Hall–Kier alpha value is -3.19. The number of fused-ring (bicyclic) bond motifs is 3. The third-order valence-corrected chi connectivity index (χ3v) is 7.54. The molecule has 0 amide bonds. The van der Waals surface area contributed by atoms with Crippen molar-refractivity contribution in [3.05, 3.63) is 123 Å². The lowest BCUT2D eigenvalue weighted by atomic mass is 9.81. The summed E-state index contributed by atoms with van der Waals surface area (Å²) >= 11 is 0. The summed E-state index contributed by atoms with van der Waals surface area (Å²) in [6, 6.07) is 12.4. The molecule has 0 N–H and O–H groups in total. The minimum absolute atomic E-state index is 0.0734. The average molecular weight is 419 g/mol. The van der Waals surface area contributed by atoms with Gasteiger partial charge in [-0.05, 0) is 106 Å². The molecular formula is C31H27F. The van der Waals surface area contributed by atoms with Gasteiger partial charge in [0.05, 0.1) is 0 Å². The van der Waals surface area contributed by atoms with Crippen LogP contribution in [0, 0.1) is 12.7 Å². The topological polar surface area (TPSA) is 0 Å². The standard InChI is InChI=1S/C31H27F/c1-17-5-10-21(11-6-17)27-20(4)28(22-12-7-18(2)8-13-22)31-24-15-16-25(32)26-19(3)9-14-23(29(24)26)30(27)31/h5-7,10-12,14-16,19H,4,8-9,13H2,1-3H3. The summed E-state index contributed by atoms with van der Waals surface area (Å²) in [7, 11) is 0. The fourth-order valence-electron chi connectivity index (χ4n) is 5.87. The molecule has 6 rings (SSSR count). The van der Waals surface area contributed by atoms with Gasteiger partial charge in [-0.1, -0.05) is 73.2 Å². The van der Waals surface area contributed by atoms with Crippen LogP contribution in [0.15, 0.2) is 89.1 Å². The van der Waals surface area contributed by atoms with Crippen LogP contribution < -0.4 is 0 Å². The van der Waals surface area contributed by atoms with Crippen LogP contribution in [-0.2, 0) is 0 Å². The molecule has 1 heteroatoms. The number of hydrogen-bond acceptors (Lipinski definition) is 0. The summed E-state index contributed by atoms with van der Waals surface area (Å²) < 4.78 is 15.0. The number of hydrogen-bond donors (Lipinski definition) is 0. The van der Waals surface area contributed by atoms with E-state index in [2.05, 4.69) is 69.8 Å². The van der Waals surface area contributed by atoms with E-state index in [1.54, 1.807) is 6.07 Å². The van der Waals surface area contributed by atoms with Crippen molar-refractivity contribution < 1.29 is 4.39 Å². The number of benzene rings is 2. The van der Waals surface area contributed by atoms with Gasteiger partial charge in [-0.3, -0.25) is 0 Å². The number of halogens is 1. The first-order valence-corrected chi connectivity index (χ1v) is 11.6. The van der Waals surface area contributed by atoms with Crippen molar-refractivity contribution in [2.45, 2.75) is 46.0 Å². The molecule has 0 aliphatic heterocycles. The van der Waals surface area contributed by atoms with Crippen LogP contribution in [0.25, 0.3) is 16.7 Å². The SMILES string of the molecule is C=C1C(C2=CC=C(C)CC2)=C2C(=C1c1ccc(C)cc1)C1=CCC(C)c3c(F)ccc2c31. The van der Waals surface area contributed by atoms with Crippen molar-refractivity contribution in [1.29, 1.82) is 0 Å². The molecular weight excluding hydrogens is 391 g/mol. The Morgan fingerprint density at radius 1 is 0.875 bits per heavy atom. The minimum atomic E-state index is -0.0734. The van der Waals surface area contributed by atoms with E-state index in [0.717, 1.165) is 36.0 Å². The zero-order chi connectivity index (χ0) is 22.1. The van der Waals surface area contributed by atoms with E-state index in [1.807, 2.05) is 6.07 Å². The number of allylic oxidation sites excluding steroid dienone is 11. The van der Waals surface area contributed by atoms with E-state index in [0.29, 0.717) is 0 Å². The third-order valence-electron chi connectivity index (χ3n) is 7.54. The van der Waals surface area contributed by atoms with Crippen molar-refractivity contribution in [1.82, 2.24) is 0 Å². The van der Waals surface area contributed by atoms with Gasteiger partial charge in [-0.15, -0.1) is 0 Å². The van der Waals surface area contributed by atoms with E-state index in [9.17, 15) is 0 Å². The molecule has 4 aliphatic rings. The van der Waals surface area contributed by atoms with Crippen LogP contribution in [0.2, 0.25) is 0 Å². The average Bonchev–Trinajstić information content (AvgIpc) is 3.25. The molecule has 2 aromatic rings. The Kier molecular flexibility index (Phi) is 4.21. The van der Waals surface area contributed by atoms with Gasteiger partial charge in [0.1, 0.15) is 5.82 Å². The molecule has 0 saturated carbocycles. The second kappa shape index (κ2) is 6.90. The predicted octanol–water partition coefficient (Wildman–Crippen LogP) is 8.48. The Morgan fingerprint density at radius 3 is 2.38 bits per heavy atom. The highest BCUT2D eigenvalue weighted by molar-refractivity contribution is 6.23. The van der Waals surface area contributed by atoms with Gasteiger partial charge in [-0.25, -0.2) is 4.39 Å². The fourth-order valence-corrected chi connectivity index (χ4v) is 5.87. The van der Waals surface area contributed by atoms with Crippen molar-refractivity contribution in [3.8, 4) is 0 Å². The van der Waals surface area contributed by atoms with Crippen LogP contribution in [0.1, 0.15) is 66.8 Å². The maximum Gasteiger partial charge on any atom is 0.127 e. The highest BCUT2D eigenvalue weighted by Crippen LogP contribution is 2.61. The highest BCUT2D eigenvalue weighted by Gasteiger charge is 2.42. The van der Waals surface area contributed by atoms with Crippen molar-refractivity contribution >= 4 is 16.7 Å². The quantitative estimate of drug-likeness (QED) is 0.459. The van der Waals surface area contributed by atoms with Crippen LogP contribution in [0.5, 0.6) is 0 Å². The molecule has 1 unspecified atom stereocenters. The first kappa shape index (κ1) is 19.5. The lowest BCUT2D eigenvalue weighted by molar-refractivity contribution is 0.587. The summed E-state index contributed by atoms with van der Waals surface area (Å²) in [5, 5.41) is 0. The molecule has 0 nitrogen and oxygen atoms in total. The number of rotatable bonds is 2. The zero-order valence-corrected chi connectivity index (χ0v) is 19.0. The molecule has 0 spiro atoms. The highest BCUT2D eigenvalue weighted by atomic mass is 19.1. The van der Waals surface area contributed by atoms with Crippen LogP contribution in [0.4, 0.5) is 4.39 Å². The summed E-state index contributed by atoms with van der Waals surface area (Å²) in [5.41, 5.74) is 15.7. The zero-order valence-electron chi connectivity index (χ0n) is 19.0. The lowest BCUT2D eigenvalue weighted by Gasteiger charge is -2.23. The van der Waals surface area contributed by atoms with Crippen molar-refractivity contribution in [2.75, 3.05) is 0 Å². The molecule has 0 saturated heterocycles. The molecule has 0 bridgehead atoms. The number of aryl methyl sites for hydroxylation is 1. The maximum absolute atomic E-state index is 15.0. The molecule has 0 radical (unpaired) electrons. The van der Waals surface area contributed by atoms with E-state index >= 15 is 4.39 Å². The Morgan fingerprint density at radius 2 is 1.66 bits per heavy atom. The van der Waals surface area contributed by atoms with Gasteiger partial charge < -0.3 is 0 Å². The Labute approximate surface area is 189 Å². The van der Waals surface area contributed by atoms with Gasteiger partial charge in [0.2, 0.25) is 0 Å². The fraction of sp³-hybridized carbons (Fsp3) is 0.226. The third kappa shape index (κ3) is 2.60. The van der Waals surface area contributed by atoms with Crippen LogP contribution in [0.3, 0.4) is 0 Å². The lowest BCUT2D eigenvalue weighted by Crippen LogP contribution is -2.07. The van der Waals surface area contributed by atoms with Gasteiger partial charge in [0.25, 0.3) is 0 Å². The minimum Gasteiger partial charge on any atom is -0.207 e. The molecule has 0 heterocycles. The van der Waals surface area contributed by atoms with Crippen molar-refractivity contribution in [2.24, 2.45) is 0 Å². The van der Waals surface area contributed by atoms with E-state index in [4.69, 9.17) is 0 Å². The second-order valence-corrected chi connectivity index (χ2v) is 9.69. The molecule has 0 aromatic heterocycles. The molecule has 4 aliphatic carbocycles. The van der Waals surface area contributed by atoms with Crippen LogP contribution in [-0.4, -0.2) is 0 Å².